The summed E-state index contributed by atoms with van der Waals surface area (Å²) in [4.78, 5) is 12.8. The predicted octanol–water partition coefficient (Wildman–Crippen LogP) is 5.28. The molecule has 0 saturated carbocycles. The number of ether oxygens (including phenoxy) is 2. The average Bonchev–Trinajstić information content (AvgIpc) is 3.27. The Balaban J connectivity index is 1.59. The van der Waals surface area contributed by atoms with Crippen LogP contribution in [-0.4, -0.2) is 30.3 Å². The minimum absolute atomic E-state index is 0.275. The molecule has 0 bridgehead atoms. The van der Waals surface area contributed by atoms with E-state index in [0.717, 1.165) is 16.7 Å². The number of carbonyl (C=O) groups excluding carboxylic acids is 1. The van der Waals surface area contributed by atoms with E-state index < -0.39 is 5.91 Å². The van der Waals surface area contributed by atoms with Crippen molar-refractivity contribution in [3.8, 4) is 33.2 Å². The number of methoxy groups -OCH3 is 2. The number of amides is 1. The highest BCUT2D eigenvalue weighted by Crippen LogP contribution is 2.32. The SMILES string of the molecule is COc1cccc(OC)c1C(=O)Nc1nnc(-c2cccc(-c3cccc(F)c3)c2)s1. The molecule has 0 aliphatic heterocycles. The van der Waals surface area contributed by atoms with Crippen molar-refractivity contribution in [3.05, 3.63) is 78.1 Å². The number of anilines is 1. The Kier molecular flexibility index (Phi) is 5.90. The second kappa shape index (κ2) is 8.93. The molecule has 1 amide bonds. The lowest BCUT2D eigenvalue weighted by molar-refractivity contribution is 0.102. The van der Waals surface area contributed by atoms with Crippen molar-refractivity contribution < 1.29 is 18.7 Å². The highest BCUT2D eigenvalue weighted by Gasteiger charge is 2.20. The van der Waals surface area contributed by atoms with E-state index in [1.807, 2.05) is 30.3 Å². The Labute approximate surface area is 182 Å². The van der Waals surface area contributed by atoms with Gasteiger partial charge in [0.2, 0.25) is 5.13 Å². The number of benzene rings is 3. The third kappa shape index (κ3) is 4.39. The number of nitrogens with one attached hydrogen (secondary N) is 1. The largest absolute Gasteiger partial charge is 0.496 e. The fourth-order valence-corrected chi connectivity index (χ4v) is 3.86. The molecule has 1 aromatic heterocycles. The third-order valence-electron chi connectivity index (χ3n) is 4.57. The van der Waals surface area contributed by atoms with Gasteiger partial charge in [0.15, 0.2) is 0 Å². The van der Waals surface area contributed by atoms with E-state index in [1.165, 1.54) is 37.7 Å². The van der Waals surface area contributed by atoms with Crippen LogP contribution in [0, 0.1) is 5.82 Å². The van der Waals surface area contributed by atoms with Crippen molar-refractivity contribution in [1.82, 2.24) is 10.2 Å². The molecule has 1 N–H and O–H groups in total. The zero-order valence-electron chi connectivity index (χ0n) is 16.8. The summed E-state index contributed by atoms with van der Waals surface area (Å²) in [5, 5.41) is 12.0. The van der Waals surface area contributed by atoms with Gasteiger partial charge in [-0.3, -0.25) is 10.1 Å². The number of hydrogen-bond acceptors (Lipinski definition) is 6. The molecule has 4 rings (SSSR count). The molecule has 0 unspecified atom stereocenters. The van der Waals surface area contributed by atoms with Crippen LogP contribution in [0.25, 0.3) is 21.7 Å². The third-order valence-corrected chi connectivity index (χ3v) is 5.46. The first kappa shape index (κ1) is 20.5. The second-order valence-electron chi connectivity index (χ2n) is 6.50. The standard InChI is InChI=1S/C23H18FN3O3S/c1-29-18-10-5-11-19(30-2)20(18)21(28)25-23-27-26-22(31-23)16-8-3-6-14(12-16)15-7-4-9-17(24)13-15/h3-13H,1-2H3,(H,25,27,28). The number of aromatic nitrogens is 2. The summed E-state index contributed by atoms with van der Waals surface area (Å²) in [7, 11) is 2.97. The maximum atomic E-state index is 13.6. The average molecular weight is 435 g/mol. The summed E-state index contributed by atoms with van der Waals surface area (Å²) in [5.74, 6) is 0.0786. The summed E-state index contributed by atoms with van der Waals surface area (Å²) < 4.78 is 24.1. The summed E-state index contributed by atoms with van der Waals surface area (Å²) in [6, 6.07) is 19.1. The lowest BCUT2D eigenvalue weighted by Crippen LogP contribution is -2.14. The van der Waals surface area contributed by atoms with E-state index in [4.69, 9.17) is 9.47 Å². The van der Waals surface area contributed by atoms with Crippen LogP contribution in [0.15, 0.2) is 66.7 Å². The highest BCUT2D eigenvalue weighted by atomic mass is 32.1. The van der Waals surface area contributed by atoms with E-state index >= 15 is 0 Å². The van der Waals surface area contributed by atoms with Crippen LogP contribution < -0.4 is 14.8 Å². The molecular weight excluding hydrogens is 417 g/mol. The molecule has 6 nitrogen and oxygen atoms in total. The van der Waals surface area contributed by atoms with Crippen LogP contribution in [0.1, 0.15) is 10.4 Å². The maximum Gasteiger partial charge on any atom is 0.265 e. The summed E-state index contributed by atoms with van der Waals surface area (Å²) in [6.45, 7) is 0. The van der Waals surface area contributed by atoms with Gasteiger partial charge in [0, 0.05) is 5.56 Å². The molecule has 31 heavy (non-hydrogen) atoms. The van der Waals surface area contributed by atoms with Crippen LogP contribution in [0.3, 0.4) is 0 Å². The topological polar surface area (TPSA) is 73.3 Å². The van der Waals surface area contributed by atoms with Gasteiger partial charge >= 0.3 is 0 Å². The lowest BCUT2D eigenvalue weighted by atomic mass is 10.0. The Hall–Kier alpha value is -3.78. The molecule has 8 heteroatoms. The molecule has 156 valence electrons. The Morgan fingerprint density at radius 3 is 2.16 bits per heavy atom. The van der Waals surface area contributed by atoms with Crippen molar-refractivity contribution >= 4 is 22.4 Å². The second-order valence-corrected chi connectivity index (χ2v) is 7.47. The minimum atomic E-state index is -0.412. The van der Waals surface area contributed by atoms with Crippen LogP contribution in [0.5, 0.6) is 11.5 Å². The number of halogens is 1. The van der Waals surface area contributed by atoms with Crippen LogP contribution in [0.2, 0.25) is 0 Å². The fraction of sp³-hybridized carbons (Fsp3) is 0.0870. The van der Waals surface area contributed by atoms with E-state index in [2.05, 4.69) is 15.5 Å². The Morgan fingerprint density at radius 1 is 0.871 bits per heavy atom. The van der Waals surface area contributed by atoms with Gasteiger partial charge in [-0.15, -0.1) is 10.2 Å². The molecule has 0 aliphatic rings. The highest BCUT2D eigenvalue weighted by molar-refractivity contribution is 7.18. The van der Waals surface area contributed by atoms with Gasteiger partial charge in [0.1, 0.15) is 27.9 Å². The molecule has 0 aliphatic carbocycles. The Morgan fingerprint density at radius 2 is 1.48 bits per heavy atom. The summed E-state index contributed by atoms with van der Waals surface area (Å²) >= 11 is 1.23. The molecule has 0 radical (unpaired) electrons. The van der Waals surface area contributed by atoms with Gasteiger partial charge in [-0.05, 0) is 41.5 Å². The first-order chi connectivity index (χ1) is 15.1. The quantitative estimate of drug-likeness (QED) is 0.446. The molecule has 0 saturated heterocycles. The number of rotatable bonds is 6. The van der Waals surface area contributed by atoms with Crippen molar-refractivity contribution in [2.75, 3.05) is 19.5 Å². The molecule has 1 heterocycles. The lowest BCUT2D eigenvalue weighted by Gasteiger charge is -2.11. The molecule has 0 spiro atoms. The molecule has 0 fully saturated rings. The van der Waals surface area contributed by atoms with Crippen molar-refractivity contribution in [2.24, 2.45) is 0 Å². The molecule has 4 aromatic rings. The molecular formula is C23H18FN3O3S. The van der Waals surface area contributed by atoms with Gasteiger partial charge in [0.25, 0.3) is 5.91 Å². The number of hydrogen-bond donors (Lipinski definition) is 1. The number of carbonyl (C=O) groups is 1. The smallest absolute Gasteiger partial charge is 0.265 e. The summed E-state index contributed by atoms with van der Waals surface area (Å²) in [5.41, 5.74) is 2.71. The first-order valence-electron chi connectivity index (χ1n) is 9.31. The van der Waals surface area contributed by atoms with Crippen LogP contribution in [-0.2, 0) is 0 Å². The van der Waals surface area contributed by atoms with Gasteiger partial charge in [0.05, 0.1) is 14.2 Å². The zero-order valence-corrected chi connectivity index (χ0v) is 17.6. The fourth-order valence-electron chi connectivity index (χ4n) is 3.12. The normalized spacial score (nSPS) is 10.5. The van der Waals surface area contributed by atoms with Crippen molar-refractivity contribution in [2.45, 2.75) is 0 Å². The van der Waals surface area contributed by atoms with Crippen LogP contribution in [0.4, 0.5) is 9.52 Å². The Bertz CT molecular complexity index is 1220. The number of nitrogens with zero attached hydrogens (tertiary/aromatic N) is 2. The molecule has 0 atom stereocenters. The van der Waals surface area contributed by atoms with Crippen LogP contribution >= 0.6 is 11.3 Å². The monoisotopic (exact) mass is 435 g/mol. The van der Waals surface area contributed by atoms with Crippen molar-refractivity contribution in [3.63, 3.8) is 0 Å². The van der Waals surface area contributed by atoms with Crippen molar-refractivity contribution in [1.29, 1.82) is 0 Å². The predicted molar refractivity (Wildman–Crippen MR) is 118 cm³/mol. The van der Waals surface area contributed by atoms with E-state index in [0.29, 0.717) is 21.6 Å². The minimum Gasteiger partial charge on any atom is -0.496 e. The zero-order chi connectivity index (χ0) is 21.8. The van der Waals surface area contributed by atoms with Gasteiger partial charge < -0.3 is 9.47 Å². The summed E-state index contributed by atoms with van der Waals surface area (Å²) in [6.07, 6.45) is 0. The van der Waals surface area contributed by atoms with Gasteiger partial charge in [-0.2, -0.15) is 0 Å². The van der Waals surface area contributed by atoms with Gasteiger partial charge in [-0.1, -0.05) is 47.7 Å². The van der Waals surface area contributed by atoms with E-state index in [1.54, 1.807) is 24.3 Å². The van der Waals surface area contributed by atoms with E-state index in [-0.39, 0.29) is 11.4 Å². The van der Waals surface area contributed by atoms with Gasteiger partial charge in [-0.25, -0.2) is 4.39 Å². The first-order valence-corrected chi connectivity index (χ1v) is 10.1. The van der Waals surface area contributed by atoms with E-state index in [9.17, 15) is 9.18 Å². The molecule has 3 aromatic carbocycles. The maximum absolute atomic E-state index is 13.6.